The predicted octanol–water partition coefficient (Wildman–Crippen LogP) is 2.59. The molecule has 1 heterocycles. The molecule has 0 atom stereocenters. The minimum atomic E-state index is -0.482. The van der Waals surface area contributed by atoms with Crippen LogP contribution in [-0.4, -0.2) is 82.0 Å². The molecule has 3 N–H and O–H groups in total. The zero-order chi connectivity index (χ0) is 23.4. The number of alkyl carbamates (subject to hydrolysis) is 1. The molecule has 32 heavy (non-hydrogen) atoms. The van der Waals surface area contributed by atoms with Crippen molar-refractivity contribution in [3.8, 4) is 0 Å². The number of aryl methyl sites for hydroxylation is 1. The Hall–Kier alpha value is -2.48. The number of amides is 1. The number of nitrogens with one attached hydrogen (secondary N) is 3. The first-order chi connectivity index (χ1) is 15.3. The number of nitrogens with zero attached hydrogens (tertiary/aromatic N) is 3. The van der Waals surface area contributed by atoms with Crippen molar-refractivity contribution in [3.63, 3.8) is 0 Å². The lowest BCUT2D eigenvalue weighted by Crippen LogP contribution is -2.46. The largest absolute Gasteiger partial charge is 0.444 e. The van der Waals surface area contributed by atoms with E-state index in [9.17, 15) is 4.79 Å². The van der Waals surface area contributed by atoms with E-state index in [1.54, 1.807) is 7.05 Å². The van der Waals surface area contributed by atoms with Crippen LogP contribution in [0, 0.1) is 6.92 Å². The normalized spacial score (nSPS) is 15.4. The Balaban J connectivity index is 1.51. The maximum Gasteiger partial charge on any atom is 0.407 e. The van der Waals surface area contributed by atoms with Crippen LogP contribution in [-0.2, 0) is 4.74 Å². The van der Waals surface area contributed by atoms with Crippen LogP contribution in [0.2, 0.25) is 0 Å². The summed E-state index contributed by atoms with van der Waals surface area (Å²) in [4.78, 5) is 20.9. The summed E-state index contributed by atoms with van der Waals surface area (Å²) in [6, 6.07) is 8.78. The number of piperazine rings is 1. The van der Waals surface area contributed by atoms with Gasteiger partial charge in [-0.3, -0.25) is 9.89 Å². The maximum absolute atomic E-state index is 11.6. The molecule has 8 nitrogen and oxygen atoms in total. The molecule has 0 aliphatic carbocycles. The van der Waals surface area contributed by atoms with Gasteiger partial charge < -0.3 is 25.6 Å². The standard InChI is InChI=1S/C24H42N6O2/c1-20-9-8-10-21(19-20)30-17-15-29(16-18-30)14-7-6-11-26-22(25-5)27-12-13-28-23(31)32-24(2,3)4/h8-10,19H,6-7,11-18H2,1-5H3,(H,28,31)(H2,25,26,27). The Bertz CT molecular complexity index is 723. The van der Waals surface area contributed by atoms with Crippen molar-refractivity contribution in [2.24, 2.45) is 4.99 Å². The molecule has 0 unspecified atom stereocenters. The number of guanidine groups is 1. The van der Waals surface area contributed by atoms with E-state index < -0.39 is 11.7 Å². The van der Waals surface area contributed by atoms with Gasteiger partial charge in [0.1, 0.15) is 5.60 Å². The van der Waals surface area contributed by atoms with Crippen LogP contribution < -0.4 is 20.9 Å². The zero-order valence-corrected chi connectivity index (χ0v) is 20.5. The molecule has 2 rings (SSSR count). The quantitative estimate of drug-likeness (QED) is 0.307. The van der Waals surface area contributed by atoms with Crippen LogP contribution in [0.1, 0.15) is 39.2 Å². The molecule has 1 aliphatic heterocycles. The van der Waals surface area contributed by atoms with E-state index in [1.165, 1.54) is 11.3 Å². The first-order valence-electron chi connectivity index (χ1n) is 11.7. The van der Waals surface area contributed by atoms with Crippen molar-refractivity contribution >= 4 is 17.7 Å². The van der Waals surface area contributed by atoms with Crippen LogP contribution in [0.3, 0.4) is 0 Å². The summed E-state index contributed by atoms with van der Waals surface area (Å²) in [5.74, 6) is 0.753. The number of carbonyl (C=O) groups is 1. The summed E-state index contributed by atoms with van der Waals surface area (Å²) in [5.41, 5.74) is 2.18. The second kappa shape index (κ2) is 13.2. The van der Waals surface area contributed by atoms with E-state index in [0.29, 0.717) is 13.1 Å². The van der Waals surface area contributed by atoms with E-state index in [0.717, 1.165) is 58.1 Å². The van der Waals surface area contributed by atoms with Crippen LogP contribution in [0.25, 0.3) is 0 Å². The third-order valence-corrected chi connectivity index (χ3v) is 5.24. The van der Waals surface area contributed by atoms with E-state index in [4.69, 9.17) is 4.74 Å². The summed E-state index contributed by atoms with van der Waals surface area (Å²) < 4.78 is 5.22. The van der Waals surface area contributed by atoms with Crippen LogP contribution in [0.15, 0.2) is 29.3 Å². The molecular formula is C24H42N6O2. The van der Waals surface area contributed by atoms with E-state index in [1.807, 2.05) is 20.8 Å². The van der Waals surface area contributed by atoms with E-state index in [2.05, 4.69) is 61.9 Å². The fraction of sp³-hybridized carbons (Fsp3) is 0.667. The smallest absolute Gasteiger partial charge is 0.407 e. The number of aliphatic imine (C=N–C) groups is 1. The number of unbranched alkanes of at least 4 members (excludes halogenated alkanes) is 1. The Labute approximate surface area is 193 Å². The Morgan fingerprint density at radius 2 is 1.72 bits per heavy atom. The second-order valence-electron chi connectivity index (χ2n) is 9.23. The number of carbonyl (C=O) groups excluding carboxylic acids is 1. The maximum atomic E-state index is 11.6. The third kappa shape index (κ3) is 10.2. The lowest BCUT2D eigenvalue weighted by Gasteiger charge is -2.36. The van der Waals surface area contributed by atoms with Gasteiger partial charge >= 0.3 is 6.09 Å². The van der Waals surface area contributed by atoms with Crippen molar-refractivity contribution in [1.82, 2.24) is 20.9 Å². The molecule has 180 valence electrons. The summed E-state index contributed by atoms with van der Waals surface area (Å²) in [6.45, 7) is 15.2. The molecule has 0 saturated carbocycles. The molecule has 0 radical (unpaired) electrons. The molecule has 0 aromatic heterocycles. The molecule has 1 saturated heterocycles. The Morgan fingerprint density at radius 1 is 1.03 bits per heavy atom. The number of benzene rings is 1. The van der Waals surface area contributed by atoms with Gasteiger partial charge in [0.2, 0.25) is 0 Å². The highest BCUT2D eigenvalue weighted by molar-refractivity contribution is 5.79. The number of hydrogen-bond donors (Lipinski definition) is 3. The van der Waals surface area contributed by atoms with Gasteiger partial charge in [-0.05, 0) is 64.8 Å². The minimum absolute atomic E-state index is 0.401. The van der Waals surface area contributed by atoms with Gasteiger partial charge in [0.05, 0.1) is 0 Å². The number of rotatable bonds is 9. The number of anilines is 1. The Kier molecular flexibility index (Phi) is 10.6. The molecule has 1 aliphatic rings. The van der Waals surface area contributed by atoms with Crippen LogP contribution in [0.4, 0.5) is 10.5 Å². The van der Waals surface area contributed by atoms with Crippen molar-refractivity contribution in [3.05, 3.63) is 29.8 Å². The summed E-state index contributed by atoms with van der Waals surface area (Å²) in [7, 11) is 1.75. The molecule has 1 fully saturated rings. The number of ether oxygens (including phenoxy) is 1. The van der Waals surface area contributed by atoms with E-state index in [-0.39, 0.29) is 0 Å². The SMILES string of the molecule is CN=C(NCCCCN1CCN(c2cccc(C)c2)CC1)NCCNC(=O)OC(C)(C)C. The highest BCUT2D eigenvalue weighted by atomic mass is 16.6. The van der Waals surface area contributed by atoms with Gasteiger partial charge in [0, 0.05) is 58.5 Å². The second-order valence-corrected chi connectivity index (χ2v) is 9.23. The molecular weight excluding hydrogens is 404 g/mol. The summed E-state index contributed by atoms with van der Waals surface area (Å²) in [5, 5.41) is 9.27. The summed E-state index contributed by atoms with van der Waals surface area (Å²) in [6.07, 6.45) is 1.85. The van der Waals surface area contributed by atoms with Crippen molar-refractivity contribution in [2.75, 3.05) is 64.3 Å². The fourth-order valence-electron chi connectivity index (χ4n) is 3.60. The predicted molar refractivity (Wildman–Crippen MR) is 133 cm³/mol. The van der Waals surface area contributed by atoms with Crippen LogP contribution >= 0.6 is 0 Å². The van der Waals surface area contributed by atoms with Crippen molar-refractivity contribution in [1.29, 1.82) is 0 Å². The molecule has 0 bridgehead atoms. The first-order valence-corrected chi connectivity index (χ1v) is 11.7. The molecule has 0 spiro atoms. The average molecular weight is 447 g/mol. The van der Waals surface area contributed by atoms with Crippen LogP contribution in [0.5, 0.6) is 0 Å². The van der Waals surface area contributed by atoms with Gasteiger partial charge in [-0.1, -0.05) is 12.1 Å². The van der Waals surface area contributed by atoms with E-state index >= 15 is 0 Å². The average Bonchev–Trinajstić information content (AvgIpc) is 2.74. The molecule has 1 aromatic carbocycles. The van der Waals surface area contributed by atoms with Crippen molar-refractivity contribution in [2.45, 2.75) is 46.1 Å². The molecule has 1 amide bonds. The van der Waals surface area contributed by atoms with Gasteiger partial charge in [-0.15, -0.1) is 0 Å². The minimum Gasteiger partial charge on any atom is -0.444 e. The Morgan fingerprint density at radius 3 is 2.38 bits per heavy atom. The lowest BCUT2D eigenvalue weighted by molar-refractivity contribution is 0.0529. The third-order valence-electron chi connectivity index (χ3n) is 5.24. The molecule has 8 heteroatoms. The topological polar surface area (TPSA) is 81.2 Å². The highest BCUT2D eigenvalue weighted by Crippen LogP contribution is 2.17. The summed E-state index contributed by atoms with van der Waals surface area (Å²) >= 11 is 0. The fourth-order valence-corrected chi connectivity index (χ4v) is 3.60. The lowest BCUT2D eigenvalue weighted by atomic mass is 10.2. The van der Waals surface area contributed by atoms with Gasteiger partial charge in [-0.2, -0.15) is 0 Å². The highest BCUT2D eigenvalue weighted by Gasteiger charge is 2.17. The number of hydrogen-bond acceptors (Lipinski definition) is 5. The van der Waals surface area contributed by atoms with Crippen molar-refractivity contribution < 1.29 is 9.53 Å². The zero-order valence-electron chi connectivity index (χ0n) is 20.5. The van der Waals surface area contributed by atoms with Gasteiger partial charge in [0.25, 0.3) is 0 Å². The van der Waals surface area contributed by atoms with Gasteiger partial charge in [-0.25, -0.2) is 4.79 Å². The van der Waals surface area contributed by atoms with Gasteiger partial charge in [0.15, 0.2) is 5.96 Å². The monoisotopic (exact) mass is 446 g/mol. The molecule has 1 aromatic rings. The first kappa shape index (κ1) is 25.8.